The van der Waals surface area contributed by atoms with Crippen molar-refractivity contribution < 1.29 is 0 Å². The molecule has 0 saturated heterocycles. The van der Waals surface area contributed by atoms with Crippen LogP contribution >= 0.6 is 0 Å². The summed E-state index contributed by atoms with van der Waals surface area (Å²) in [4.78, 5) is 4.38. The molecule has 3 rings (SSSR count). The zero-order valence-electron chi connectivity index (χ0n) is 10.4. The fourth-order valence-electron chi connectivity index (χ4n) is 2.75. The van der Waals surface area contributed by atoms with Gasteiger partial charge in [0.1, 0.15) is 5.52 Å². The summed E-state index contributed by atoms with van der Waals surface area (Å²) in [5, 5.41) is 7.64. The van der Waals surface area contributed by atoms with Crippen molar-refractivity contribution in [1.29, 1.82) is 0 Å². The lowest BCUT2D eigenvalue weighted by molar-refractivity contribution is 0.335. The fourth-order valence-corrected chi connectivity index (χ4v) is 2.75. The molecular weight excluding hydrogens is 226 g/mol. The molecule has 0 radical (unpaired) electrons. The Morgan fingerprint density at radius 3 is 3.22 bits per heavy atom. The maximum atomic E-state index is 6.01. The van der Waals surface area contributed by atoms with Crippen molar-refractivity contribution in [3.8, 4) is 0 Å². The Bertz CT molecular complexity index is 521. The molecule has 1 fully saturated rings. The molecule has 0 bridgehead atoms. The number of nitrogens with zero attached hydrogens (tertiary/aromatic N) is 3. The first-order valence-electron chi connectivity index (χ1n) is 6.61. The normalized spacial score (nSPS) is 24.3. The Hall–Kier alpha value is -1.62. The molecule has 0 amide bonds. The lowest BCUT2D eigenvalue weighted by atomic mass is 9.86. The Kier molecular flexibility index (Phi) is 3.15. The molecule has 2 aromatic heterocycles. The van der Waals surface area contributed by atoms with Gasteiger partial charge in [0.25, 0.3) is 0 Å². The molecule has 0 aliphatic heterocycles. The molecular formula is C13H19N5. The third kappa shape index (κ3) is 2.31. The van der Waals surface area contributed by atoms with E-state index in [9.17, 15) is 0 Å². The molecule has 2 heterocycles. The Labute approximate surface area is 106 Å². The highest BCUT2D eigenvalue weighted by Gasteiger charge is 2.19. The van der Waals surface area contributed by atoms with Crippen LogP contribution < -0.4 is 11.1 Å². The van der Waals surface area contributed by atoms with Crippen LogP contribution in [0.2, 0.25) is 0 Å². The van der Waals surface area contributed by atoms with Crippen molar-refractivity contribution in [2.75, 3.05) is 11.9 Å². The summed E-state index contributed by atoms with van der Waals surface area (Å²) < 4.78 is 1.84. The standard InChI is InChI=1S/C13H19N5/c14-11-3-1-2-10(8-11)9-16-13-12-4-5-17-18(12)7-6-15-13/h4-7,10-11H,1-3,8-9,14H2,(H,15,16). The van der Waals surface area contributed by atoms with Crippen LogP contribution in [0.4, 0.5) is 5.82 Å². The molecule has 1 aliphatic rings. The average Bonchev–Trinajstić information content (AvgIpc) is 2.85. The zero-order chi connectivity index (χ0) is 12.4. The second-order valence-electron chi connectivity index (χ2n) is 5.11. The third-order valence-electron chi connectivity index (χ3n) is 3.71. The molecule has 5 heteroatoms. The van der Waals surface area contributed by atoms with Gasteiger partial charge < -0.3 is 11.1 Å². The molecule has 0 aromatic carbocycles. The highest BCUT2D eigenvalue weighted by atomic mass is 15.2. The number of hydrogen-bond acceptors (Lipinski definition) is 4. The van der Waals surface area contributed by atoms with Gasteiger partial charge in [-0.25, -0.2) is 9.50 Å². The van der Waals surface area contributed by atoms with E-state index in [4.69, 9.17) is 5.73 Å². The van der Waals surface area contributed by atoms with Crippen LogP contribution in [0.15, 0.2) is 24.7 Å². The van der Waals surface area contributed by atoms with E-state index in [2.05, 4.69) is 15.4 Å². The topological polar surface area (TPSA) is 68.2 Å². The first kappa shape index (κ1) is 11.5. The smallest absolute Gasteiger partial charge is 0.152 e. The minimum atomic E-state index is 0.379. The second kappa shape index (κ2) is 4.94. The lowest BCUT2D eigenvalue weighted by Gasteiger charge is -2.26. The Balaban J connectivity index is 1.67. The molecule has 18 heavy (non-hydrogen) atoms. The van der Waals surface area contributed by atoms with E-state index in [1.54, 1.807) is 12.4 Å². The van der Waals surface area contributed by atoms with E-state index < -0.39 is 0 Å². The van der Waals surface area contributed by atoms with E-state index in [-0.39, 0.29) is 0 Å². The van der Waals surface area contributed by atoms with Gasteiger partial charge in [0, 0.05) is 25.0 Å². The van der Waals surface area contributed by atoms with Gasteiger partial charge in [0.15, 0.2) is 5.82 Å². The monoisotopic (exact) mass is 245 g/mol. The van der Waals surface area contributed by atoms with Crippen LogP contribution in [0.1, 0.15) is 25.7 Å². The van der Waals surface area contributed by atoms with Crippen LogP contribution in [0, 0.1) is 5.92 Å². The molecule has 1 saturated carbocycles. The predicted octanol–water partition coefficient (Wildman–Crippen LogP) is 1.66. The number of fused-ring (bicyclic) bond motifs is 1. The van der Waals surface area contributed by atoms with Gasteiger partial charge in [0.2, 0.25) is 0 Å². The van der Waals surface area contributed by atoms with E-state index in [1.807, 2.05) is 16.8 Å². The van der Waals surface area contributed by atoms with Crippen LogP contribution in [0.3, 0.4) is 0 Å². The van der Waals surface area contributed by atoms with Crippen molar-refractivity contribution in [2.24, 2.45) is 11.7 Å². The van der Waals surface area contributed by atoms with Crippen molar-refractivity contribution in [3.63, 3.8) is 0 Å². The number of nitrogens with one attached hydrogen (secondary N) is 1. The largest absolute Gasteiger partial charge is 0.368 e. The van der Waals surface area contributed by atoms with Gasteiger partial charge in [-0.2, -0.15) is 5.10 Å². The number of hydrogen-bond donors (Lipinski definition) is 2. The SMILES string of the molecule is NC1CCCC(CNc2nccn3nccc23)C1. The molecule has 2 unspecified atom stereocenters. The fraction of sp³-hybridized carbons (Fsp3) is 0.538. The summed E-state index contributed by atoms with van der Waals surface area (Å²) in [6.45, 7) is 0.950. The first-order chi connectivity index (χ1) is 8.83. The maximum Gasteiger partial charge on any atom is 0.152 e. The highest BCUT2D eigenvalue weighted by Crippen LogP contribution is 2.23. The van der Waals surface area contributed by atoms with Crippen molar-refractivity contribution in [3.05, 3.63) is 24.7 Å². The minimum Gasteiger partial charge on any atom is -0.368 e. The summed E-state index contributed by atoms with van der Waals surface area (Å²) in [6.07, 6.45) is 10.2. The number of rotatable bonds is 3. The molecule has 2 aromatic rings. The maximum absolute atomic E-state index is 6.01. The van der Waals surface area contributed by atoms with Crippen LogP contribution in [-0.4, -0.2) is 27.2 Å². The van der Waals surface area contributed by atoms with Crippen LogP contribution in [0.5, 0.6) is 0 Å². The van der Waals surface area contributed by atoms with Gasteiger partial charge in [-0.05, 0) is 31.2 Å². The van der Waals surface area contributed by atoms with E-state index >= 15 is 0 Å². The van der Waals surface area contributed by atoms with Gasteiger partial charge in [-0.3, -0.25) is 0 Å². The Morgan fingerprint density at radius 1 is 1.39 bits per heavy atom. The van der Waals surface area contributed by atoms with Crippen LogP contribution in [0.25, 0.3) is 5.52 Å². The molecule has 1 aliphatic carbocycles. The second-order valence-corrected chi connectivity index (χ2v) is 5.11. The van der Waals surface area contributed by atoms with E-state index in [0.29, 0.717) is 12.0 Å². The highest BCUT2D eigenvalue weighted by molar-refractivity contribution is 5.66. The van der Waals surface area contributed by atoms with Gasteiger partial charge >= 0.3 is 0 Å². The third-order valence-corrected chi connectivity index (χ3v) is 3.71. The summed E-state index contributed by atoms with van der Waals surface area (Å²) in [7, 11) is 0. The predicted molar refractivity (Wildman–Crippen MR) is 71.4 cm³/mol. The number of nitrogens with two attached hydrogens (primary N) is 1. The molecule has 2 atom stereocenters. The van der Waals surface area contributed by atoms with Gasteiger partial charge in [-0.1, -0.05) is 6.42 Å². The quantitative estimate of drug-likeness (QED) is 0.863. The summed E-state index contributed by atoms with van der Waals surface area (Å²) in [5.41, 5.74) is 7.04. The lowest BCUT2D eigenvalue weighted by Crippen LogP contribution is -2.31. The summed E-state index contributed by atoms with van der Waals surface area (Å²) in [5.74, 6) is 1.58. The summed E-state index contributed by atoms with van der Waals surface area (Å²) in [6, 6.07) is 2.35. The van der Waals surface area contributed by atoms with Crippen molar-refractivity contribution in [1.82, 2.24) is 14.6 Å². The number of aromatic nitrogens is 3. The van der Waals surface area contributed by atoms with Gasteiger partial charge in [-0.15, -0.1) is 0 Å². The van der Waals surface area contributed by atoms with Crippen molar-refractivity contribution >= 4 is 11.3 Å². The molecule has 5 nitrogen and oxygen atoms in total. The Morgan fingerprint density at radius 2 is 2.33 bits per heavy atom. The van der Waals surface area contributed by atoms with E-state index in [0.717, 1.165) is 24.3 Å². The molecule has 96 valence electrons. The molecule has 3 N–H and O–H groups in total. The summed E-state index contributed by atoms with van der Waals surface area (Å²) >= 11 is 0. The van der Waals surface area contributed by atoms with Crippen LogP contribution in [-0.2, 0) is 0 Å². The average molecular weight is 245 g/mol. The number of anilines is 1. The van der Waals surface area contributed by atoms with E-state index in [1.165, 1.54) is 19.3 Å². The minimum absolute atomic E-state index is 0.379. The van der Waals surface area contributed by atoms with Crippen molar-refractivity contribution in [2.45, 2.75) is 31.7 Å². The van der Waals surface area contributed by atoms with Gasteiger partial charge in [0.05, 0.1) is 6.20 Å². The zero-order valence-corrected chi connectivity index (χ0v) is 10.4. The first-order valence-corrected chi connectivity index (χ1v) is 6.61. The molecule has 0 spiro atoms.